The maximum atomic E-state index is 14.2. The first-order valence-corrected chi connectivity index (χ1v) is 10.0. The Bertz CT molecular complexity index is 1280. The number of anilines is 1. The molecule has 0 N–H and O–H groups in total. The first-order valence-electron chi connectivity index (χ1n) is 10.0. The van der Waals surface area contributed by atoms with Gasteiger partial charge in [-0.25, -0.2) is 8.78 Å². The van der Waals surface area contributed by atoms with Crippen molar-refractivity contribution in [2.45, 2.75) is 20.3 Å². The molecule has 1 heterocycles. The van der Waals surface area contributed by atoms with Crippen LogP contribution in [0.25, 0.3) is 11.1 Å². The highest BCUT2D eigenvalue weighted by molar-refractivity contribution is 6.05. The number of aryl methyl sites for hydroxylation is 2. The van der Waals surface area contributed by atoms with Crippen LogP contribution < -0.4 is 15.2 Å². The number of hydrogen-bond donors (Lipinski definition) is 0. The van der Waals surface area contributed by atoms with E-state index in [4.69, 9.17) is 11.2 Å². The van der Waals surface area contributed by atoms with Crippen molar-refractivity contribution >= 4 is 11.6 Å². The number of terminal acetylenes is 1. The summed E-state index contributed by atoms with van der Waals surface area (Å²) in [6.07, 6.45) is 7.44. The molecule has 0 aliphatic heterocycles. The Hall–Kier alpha value is -3.92. The topological polar surface area (TPSA) is 51.5 Å². The van der Waals surface area contributed by atoms with Gasteiger partial charge >= 0.3 is 5.91 Å². The van der Waals surface area contributed by atoms with Gasteiger partial charge in [-0.15, -0.1) is 6.42 Å². The summed E-state index contributed by atoms with van der Waals surface area (Å²) < 4.78 is 34.8. The molecule has 3 aromatic rings. The van der Waals surface area contributed by atoms with Crippen LogP contribution in [-0.2, 0) is 18.3 Å². The van der Waals surface area contributed by atoms with E-state index in [0.717, 1.165) is 12.1 Å². The fraction of sp³-hybridized carbons (Fsp3) is 0.200. The molecule has 32 heavy (non-hydrogen) atoms. The fourth-order valence-corrected chi connectivity index (χ4v) is 3.38. The molecule has 0 radical (unpaired) electrons. The lowest BCUT2D eigenvalue weighted by atomic mass is 10.0. The molecule has 3 rings (SSSR count). The number of hydrogen-bond acceptors (Lipinski definition) is 3. The van der Waals surface area contributed by atoms with Crippen molar-refractivity contribution in [3.63, 3.8) is 0 Å². The molecule has 1 aromatic heterocycles. The minimum Gasteiger partial charge on any atom is -0.454 e. The van der Waals surface area contributed by atoms with Crippen molar-refractivity contribution in [2.24, 2.45) is 7.05 Å². The highest BCUT2D eigenvalue weighted by Gasteiger charge is 2.18. The molecule has 0 spiro atoms. The van der Waals surface area contributed by atoms with Crippen molar-refractivity contribution in [3.8, 4) is 35.0 Å². The average Bonchev–Trinajstić information content (AvgIpc) is 2.78. The highest BCUT2D eigenvalue weighted by atomic mass is 19.1. The Morgan fingerprint density at radius 1 is 1.12 bits per heavy atom. The smallest absolute Gasteiger partial charge is 0.302 e. The van der Waals surface area contributed by atoms with Crippen molar-refractivity contribution in [1.29, 1.82) is 0 Å². The van der Waals surface area contributed by atoms with Gasteiger partial charge in [0.25, 0.3) is 5.56 Å². The average molecular weight is 436 g/mol. The summed E-state index contributed by atoms with van der Waals surface area (Å²) in [5, 5.41) is 0. The second kappa shape index (κ2) is 9.48. The zero-order valence-corrected chi connectivity index (χ0v) is 18.0. The third kappa shape index (κ3) is 4.54. The lowest BCUT2D eigenvalue weighted by Gasteiger charge is -2.21. The molecule has 0 bridgehead atoms. The van der Waals surface area contributed by atoms with E-state index in [2.05, 4.69) is 5.92 Å². The second-order valence-electron chi connectivity index (χ2n) is 7.07. The lowest BCUT2D eigenvalue weighted by molar-refractivity contribution is -0.113. The summed E-state index contributed by atoms with van der Waals surface area (Å²) >= 11 is 0. The Kier molecular flexibility index (Phi) is 6.74. The largest absolute Gasteiger partial charge is 0.454 e. The Morgan fingerprint density at radius 3 is 2.47 bits per heavy atom. The molecule has 0 aliphatic rings. The van der Waals surface area contributed by atoms with Crippen LogP contribution in [0.3, 0.4) is 0 Å². The third-order valence-corrected chi connectivity index (χ3v) is 5.02. The molecular weight excluding hydrogens is 414 g/mol. The maximum absolute atomic E-state index is 14.2. The van der Waals surface area contributed by atoms with Crippen LogP contribution in [0.2, 0.25) is 0 Å². The molecule has 1 amide bonds. The molecule has 0 unspecified atom stereocenters. The van der Waals surface area contributed by atoms with E-state index >= 15 is 0 Å². The number of rotatable bonds is 6. The van der Waals surface area contributed by atoms with Crippen LogP contribution in [0, 0.1) is 24.0 Å². The van der Waals surface area contributed by atoms with Crippen LogP contribution in [0.4, 0.5) is 14.5 Å². The standard InChI is InChI=1S/C25H22F2N2O3/c1-5-16-12-17(15-28(4)25(16)31)20-14-19(29(7-3)24(30)6-2)9-11-22(20)32-23-10-8-18(26)13-21(23)27/h2,8-15H,5,7H2,1,3-4H3. The molecule has 0 saturated heterocycles. The molecule has 2 aromatic carbocycles. The quantitative estimate of drug-likeness (QED) is 0.528. The van der Waals surface area contributed by atoms with Gasteiger partial charge in [-0.1, -0.05) is 6.92 Å². The van der Waals surface area contributed by atoms with Crippen LogP contribution in [0.15, 0.2) is 53.5 Å². The first kappa shape index (κ1) is 22.8. The van der Waals surface area contributed by atoms with E-state index in [1.807, 2.05) is 6.92 Å². The molecular formula is C25H22F2N2O3. The predicted octanol–water partition coefficient (Wildman–Crippen LogP) is 4.67. The number of carbonyl (C=O) groups excluding carboxylic acids is 1. The van der Waals surface area contributed by atoms with E-state index in [-0.39, 0.29) is 17.1 Å². The molecule has 0 aliphatic carbocycles. The van der Waals surface area contributed by atoms with Crippen LogP contribution in [0.1, 0.15) is 19.4 Å². The van der Waals surface area contributed by atoms with Gasteiger partial charge in [0.1, 0.15) is 11.6 Å². The van der Waals surface area contributed by atoms with Gasteiger partial charge in [-0.05, 0) is 55.7 Å². The summed E-state index contributed by atoms with van der Waals surface area (Å²) in [7, 11) is 1.63. The summed E-state index contributed by atoms with van der Waals surface area (Å²) in [5.41, 5.74) is 2.12. The van der Waals surface area contributed by atoms with Gasteiger partial charge < -0.3 is 14.2 Å². The number of benzene rings is 2. The predicted molar refractivity (Wildman–Crippen MR) is 120 cm³/mol. The SMILES string of the molecule is C#CC(=O)N(CC)c1ccc(Oc2ccc(F)cc2F)c(-c2cc(CC)c(=O)n(C)c2)c1. The number of ether oxygens (including phenoxy) is 1. The van der Waals surface area contributed by atoms with E-state index in [1.54, 1.807) is 44.4 Å². The van der Waals surface area contributed by atoms with Crippen molar-refractivity contribution in [2.75, 3.05) is 11.4 Å². The minimum atomic E-state index is -0.854. The highest BCUT2D eigenvalue weighted by Crippen LogP contribution is 2.37. The van der Waals surface area contributed by atoms with Crippen molar-refractivity contribution in [3.05, 3.63) is 76.2 Å². The Balaban J connectivity index is 2.21. The first-order chi connectivity index (χ1) is 15.3. The summed E-state index contributed by atoms with van der Waals surface area (Å²) in [6, 6.07) is 9.65. The van der Waals surface area contributed by atoms with Crippen molar-refractivity contribution in [1.82, 2.24) is 4.57 Å². The number of aromatic nitrogens is 1. The summed E-state index contributed by atoms with van der Waals surface area (Å²) in [4.78, 5) is 25.9. The van der Waals surface area contributed by atoms with Gasteiger partial charge in [0.2, 0.25) is 0 Å². The minimum absolute atomic E-state index is 0.128. The normalized spacial score (nSPS) is 10.5. The van der Waals surface area contributed by atoms with Crippen LogP contribution in [0.5, 0.6) is 11.5 Å². The molecule has 164 valence electrons. The van der Waals surface area contributed by atoms with E-state index in [1.165, 1.54) is 15.5 Å². The van der Waals surface area contributed by atoms with E-state index in [0.29, 0.717) is 35.3 Å². The number of halogens is 2. The molecule has 5 nitrogen and oxygen atoms in total. The number of pyridine rings is 1. The van der Waals surface area contributed by atoms with Gasteiger partial charge in [0.05, 0.1) is 0 Å². The number of amides is 1. The number of carbonyl (C=O) groups is 1. The van der Waals surface area contributed by atoms with Crippen LogP contribution in [-0.4, -0.2) is 17.0 Å². The van der Waals surface area contributed by atoms with Gasteiger partial charge in [-0.3, -0.25) is 9.59 Å². The van der Waals surface area contributed by atoms with Gasteiger partial charge in [0, 0.05) is 48.2 Å². The van der Waals surface area contributed by atoms with Gasteiger partial charge in [-0.2, -0.15) is 0 Å². The van der Waals surface area contributed by atoms with Crippen molar-refractivity contribution < 1.29 is 18.3 Å². The lowest BCUT2D eigenvalue weighted by Crippen LogP contribution is -2.29. The van der Waals surface area contributed by atoms with E-state index < -0.39 is 17.5 Å². The van der Waals surface area contributed by atoms with Gasteiger partial charge in [0.15, 0.2) is 11.6 Å². The Morgan fingerprint density at radius 2 is 1.84 bits per heavy atom. The number of nitrogens with zero attached hydrogens (tertiary/aromatic N) is 2. The Labute approximate surface area is 184 Å². The zero-order valence-electron chi connectivity index (χ0n) is 18.0. The fourth-order valence-electron chi connectivity index (χ4n) is 3.38. The third-order valence-electron chi connectivity index (χ3n) is 5.02. The summed E-state index contributed by atoms with van der Waals surface area (Å²) in [6.45, 7) is 3.99. The van der Waals surface area contributed by atoms with E-state index in [9.17, 15) is 18.4 Å². The summed E-state index contributed by atoms with van der Waals surface area (Å²) in [5.74, 6) is 0.127. The van der Waals surface area contributed by atoms with Crippen LogP contribution >= 0.6 is 0 Å². The monoisotopic (exact) mass is 436 g/mol. The zero-order chi connectivity index (χ0) is 23.4. The maximum Gasteiger partial charge on any atom is 0.302 e. The second-order valence-corrected chi connectivity index (χ2v) is 7.07. The molecule has 7 heteroatoms. The molecule has 0 fully saturated rings. The molecule has 0 atom stereocenters. The molecule has 0 saturated carbocycles.